The molecule has 0 aromatic heterocycles. The van der Waals surface area contributed by atoms with Crippen molar-refractivity contribution in [2.75, 3.05) is 5.32 Å². The van der Waals surface area contributed by atoms with Crippen LogP contribution in [0.25, 0.3) is 10.8 Å². The van der Waals surface area contributed by atoms with Crippen molar-refractivity contribution < 1.29 is 14.7 Å². The van der Waals surface area contributed by atoms with Gasteiger partial charge in [0.1, 0.15) is 5.41 Å². The first-order chi connectivity index (χ1) is 8.93. The largest absolute Gasteiger partial charge is 0.480 e. The Labute approximate surface area is 111 Å². The van der Waals surface area contributed by atoms with E-state index >= 15 is 0 Å². The average molecular weight is 257 g/mol. The summed E-state index contributed by atoms with van der Waals surface area (Å²) < 4.78 is 0. The van der Waals surface area contributed by atoms with E-state index in [1.807, 2.05) is 36.4 Å². The van der Waals surface area contributed by atoms with Crippen LogP contribution >= 0.6 is 0 Å². The van der Waals surface area contributed by atoms with Gasteiger partial charge in [-0.25, -0.2) is 0 Å². The van der Waals surface area contributed by atoms with Gasteiger partial charge in [0.05, 0.1) is 0 Å². The number of carboxylic acids is 1. The van der Waals surface area contributed by atoms with E-state index in [2.05, 4.69) is 5.32 Å². The number of hydrogen-bond donors (Lipinski definition) is 2. The summed E-state index contributed by atoms with van der Waals surface area (Å²) in [5.74, 6) is -1.68. The molecule has 19 heavy (non-hydrogen) atoms. The molecule has 2 aromatic rings. The van der Waals surface area contributed by atoms with Gasteiger partial charge >= 0.3 is 5.97 Å². The highest BCUT2D eigenvalue weighted by Gasteiger charge is 2.36. The number of carboxylic acid groups (broad SMARTS) is 1. The number of anilines is 1. The Balaban J connectivity index is 2.37. The summed E-state index contributed by atoms with van der Waals surface area (Å²) in [6, 6.07) is 13.1. The van der Waals surface area contributed by atoms with Crippen molar-refractivity contribution in [1.82, 2.24) is 0 Å². The maximum absolute atomic E-state index is 12.0. The first kappa shape index (κ1) is 13.1. The molecule has 4 nitrogen and oxygen atoms in total. The number of benzene rings is 2. The van der Waals surface area contributed by atoms with Crippen LogP contribution in [0.1, 0.15) is 13.8 Å². The molecule has 0 fully saturated rings. The van der Waals surface area contributed by atoms with Gasteiger partial charge in [-0.05, 0) is 25.3 Å². The van der Waals surface area contributed by atoms with Crippen molar-refractivity contribution in [3.63, 3.8) is 0 Å². The van der Waals surface area contributed by atoms with E-state index in [1.165, 1.54) is 13.8 Å². The molecule has 0 radical (unpaired) electrons. The van der Waals surface area contributed by atoms with Gasteiger partial charge in [0.15, 0.2) is 0 Å². The normalized spacial score (nSPS) is 11.3. The number of hydrogen-bond acceptors (Lipinski definition) is 2. The van der Waals surface area contributed by atoms with Crippen LogP contribution in [0, 0.1) is 5.41 Å². The molecule has 0 unspecified atom stereocenters. The summed E-state index contributed by atoms with van der Waals surface area (Å²) in [6.45, 7) is 2.77. The third kappa shape index (κ3) is 2.42. The molecular formula is C15H15NO3. The fraction of sp³-hybridized carbons (Fsp3) is 0.200. The molecule has 2 N–H and O–H groups in total. The first-order valence-corrected chi connectivity index (χ1v) is 5.95. The van der Waals surface area contributed by atoms with E-state index in [0.717, 1.165) is 10.8 Å². The minimum atomic E-state index is -1.46. The zero-order valence-corrected chi connectivity index (χ0v) is 10.8. The summed E-state index contributed by atoms with van der Waals surface area (Å²) in [7, 11) is 0. The topological polar surface area (TPSA) is 66.4 Å². The third-order valence-corrected chi connectivity index (χ3v) is 3.14. The SMILES string of the molecule is CC(C)(C(=O)O)C(=O)Nc1cccc2ccccc12. The van der Waals surface area contributed by atoms with E-state index in [1.54, 1.807) is 6.07 Å². The van der Waals surface area contributed by atoms with Gasteiger partial charge in [0.2, 0.25) is 5.91 Å². The van der Waals surface area contributed by atoms with Gasteiger partial charge < -0.3 is 10.4 Å². The highest BCUT2D eigenvalue weighted by atomic mass is 16.4. The van der Waals surface area contributed by atoms with E-state index < -0.39 is 17.3 Å². The second kappa shape index (κ2) is 4.72. The number of nitrogens with one attached hydrogen (secondary N) is 1. The van der Waals surface area contributed by atoms with E-state index in [9.17, 15) is 9.59 Å². The van der Waals surface area contributed by atoms with E-state index in [-0.39, 0.29) is 0 Å². The van der Waals surface area contributed by atoms with E-state index in [4.69, 9.17) is 5.11 Å². The number of aliphatic carboxylic acids is 1. The fourth-order valence-electron chi connectivity index (χ4n) is 1.71. The number of amides is 1. The van der Waals surface area contributed by atoms with Crippen LogP contribution < -0.4 is 5.32 Å². The Hall–Kier alpha value is -2.36. The minimum Gasteiger partial charge on any atom is -0.480 e. The number of fused-ring (bicyclic) bond motifs is 1. The molecule has 0 aliphatic carbocycles. The molecule has 2 rings (SSSR count). The van der Waals surface area contributed by atoms with Crippen LogP contribution in [0.3, 0.4) is 0 Å². The van der Waals surface area contributed by atoms with Gasteiger partial charge in [-0.2, -0.15) is 0 Å². The number of carbonyl (C=O) groups excluding carboxylic acids is 1. The molecule has 1 amide bonds. The molecular weight excluding hydrogens is 242 g/mol. The van der Waals surface area contributed by atoms with E-state index in [0.29, 0.717) is 5.69 Å². The monoisotopic (exact) mass is 257 g/mol. The first-order valence-electron chi connectivity index (χ1n) is 5.95. The van der Waals surface area contributed by atoms with Crippen molar-refractivity contribution in [3.8, 4) is 0 Å². The molecule has 0 bridgehead atoms. The van der Waals surface area contributed by atoms with Gasteiger partial charge in [-0.1, -0.05) is 36.4 Å². The molecule has 0 spiro atoms. The lowest BCUT2D eigenvalue weighted by molar-refractivity contribution is -0.151. The quantitative estimate of drug-likeness (QED) is 0.831. The van der Waals surface area contributed by atoms with Crippen molar-refractivity contribution >= 4 is 28.3 Å². The Bertz CT molecular complexity index is 641. The van der Waals surface area contributed by atoms with Crippen molar-refractivity contribution in [2.45, 2.75) is 13.8 Å². The Morgan fingerprint density at radius 3 is 2.37 bits per heavy atom. The van der Waals surface area contributed by atoms with Crippen molar-refractivity contribution in [3.05, 3.63) is 42.5 Å². The molecule has 98 valence electrons. The molecule has 0 atom stereocenters. The predicted molar refractivity (Wildman–Crippen MR) is 74.0 cm³/mol. The Morgan fingerprint density at radius 2 is 1.68 bits per heavy atom. The minimum absolute atomic E-state index is 0.531. The van der Waals surface area contributed by atoms with Crippen molar-refractivity contribution in [2.24, 2.45) is 5.41 Å². The van der Waals surface area contributed by atoms with Gasteiger partial charge in [-0.3, -0.25) is 9.59 Å². The van der Waals surface area contributed by atoms with Crippen LogP contribution in [0.5, 0.6) is 0 Å². The summed E-state index contributed by atoms with van der Waals surface area (Å²) in [4.78, 5) is 23.1. The van der Waals surface area contributed by atoms with Gasteiger partial charge in [-0.15, -0.1) is 0 Å². The smallest absolute Gasteiger partial charge is 0.318 e. The standard InChI is InChI=1S/C15H15NO3/c1-15(2,14(18)19)13(17)16-12-9-5-7-10-6-3-4-8-11(10)12/h3-9H,1-2H3,(H,16,17)(H,18,19). The predicted octanol–water partition coefficient (Wildman–Crippen LogP) is 2.89. The summed E-state index contributed by atoms with van der Waals surface area (Å²) >= 11 is 0. The maximum Gasteiger partial charge on any atom is 0.318 e. The molecule has 4 heteroatoms. The zero-order chi connectivity index (χ0) is 14.0. The highest BCUT2D eigenvalue weighted by Crippen LogP contribution is 2.25. The second-order valence-electron chi connectivity index (χ2n) is 4.91. The molecule has 0 saturated carbocycles. The van der Waals surface area contributed by atoms with Crippen LogP contribution in [0.2, 0.25) is 0 Å². The fourth-order valence-corrected chi connectivity index (χ4v) is 1.71. The lowest BCUT2D eigenvalue weighted by Gasteiger charge is -2.19. The third-order valence-electron chi connectivity index (χ3n) is 3.14. The zero-order valence-electron chi connectivity index (χ0n) is 10.8. The van der Waals surface area contributed by atoms with Crippen LogP contribution in [0.15, 0.2) is 42.5 Å². The highest BCUT2D eigenvalue weighted by molar-refractivity contribution is 6.10. The summed E-state index contributed by atoms with van der Waals surface area (Å²) in [5, 5.41) is 13.6. The lowest BCUT2D eigenvalue weighted by atomic mass is 9.92. The van der Waals surface area contributed by atoms with Crippen molar-refractivity contribution in [1.29, 1.82) is 0 Å². The van der Waals surface area contributed by atoms with Crippen LogP contribution in [0.4, 0.5) is 5.69 Å². The summed E-state index contributed by atoms with van der Waals surface area (Å²) in [5.41, 5.74) is -0.839. The van der Waals surface area contributed by atoms with Gasteiger partial charge in [0, 0.05) is 11.1 Å². The Morgan fingerprint density at radius 1 is 1.05 bits per heavy atom. The second-order valence-corrected chi connectivity index (χ2v) is 4.91. The van der Waals surface area contributed by atoms with Crippen LogP contribution in [-0.4, -0.2) is 17.0 Å². The molecule has 2 aromatic carbocycles. The molecule has 0 aliphatic heterocycles. The number of rotatable bonds is 3. The van der Waals surface area contributed by atoms with Gasteiger partial charge in [0.25, 0.3) is 0 Å². The maximum atomic E-state index is 12.0. The van der Waals surface area contributed by atoms with Crippen LogP contribution in [-0.2, 0) is 9.59 Å². The molecule has 0 saturated heterocycles. The number of carbonyl (C=O) groups is 2. The Kier molecular flexibility index (Phi) is 3.25. The average Bonchev–Trinajstić information content (AvgIpc) is 2.39. The molecule has 0 heterocycles. The molecule has 0 aliphatic rings. The summed E-state index contributed by atoms with van der Waals surface area (Å²) in [6.07, 6.45) is 0. The lowest BCUT2D eigenvalue weighted by Crippen LogP contribution is -2.37.